The standard InChI is InChI=1S/C23H32N2O4/c1-16-7-9-19(18(13-16)23(2,3)4)29-15-25-22(26)24-12-11-17-8-10-20(27-5)21(14-17)28-6/h7-10,13-14H,11-12,15H2,1-6H3,(H2,24,25,26). The fourth-order valence-electron chi connectivity index (χ4n) is 2.95. The first-order valence-electron chi connectivity index (χ1n) is 9.71. The quantitative estimate of drug-likeness (QED) is 0.652. The fourth-order valence-corrected chi connectivity index (χ4v) is 2.95. The maximum Gasteiger partial charge on any atom is 0.317 e. The van der Waals surface area contributed by atoms with E-state index in [1.165, 1.54) is 5.56 Å². The molecule has 0 aliphatic heterocycles. The van der Waals surface area contributed by atoms with Crippen LogP contribution in [0.15, 0.2) is 36.4 Å². The molecule has 6 nitrogen and oxygen atoms in total. The lowest BCUT2D eigenvalue weighted by Crippen LogP contribution is -2.38. The van der Waals surface area contributed by atoms with Gasteiger partial charge in [0.2, 0.25) is 0 Å². The Morgan fingerprint density at radius 3 is 2.28 bits per heavy atom. The van der Waals surface area contributed by atoms with Gasteiger partial charge in [0, 0.05) is 6.54 Å². The fraction of sp³-hybridized carbons (Fsp3) is 0.435. The van der Waals surface area contributed by atoms with E-state index in [1.54, 1.807) is 14.2 Å². The number of aryl methyl sites for hydroxylation is 1. The van der Waals surface area contributed by atoms with E-state index in [0.29, 0.717) is 24.5 Å². The molecule has 2 aromatic carbocycles. The zero-order valence-corrected chi connectivity index (χ0v) is 18.2. The molecule has 2 aromatic rings. The van der Waals surface area contributed by atoms with E-state index in [1.807, 2.05) is 30.3 Å². The van der Waals surface area contributed by atoms with Crippen molar-refractivity contribution in [3.8, 4) is 17.2 Å². The molecule has 0 fully saturated rings. The minimum Gasteiger partial charge on any atom is -0.493 e. The first kappa shape index (κ1) is 22.4. The molecule has 0 bridgehead atoms. The zero-order valence-electron chi connectivity index (χ0n) is 18.2. The lowest BCUT2D eigenvalue weighted by molar-refractivity contribution is 0.223. The molecule has 0 spiro atoms. The number of hydrogen-bond acceptors (Lipinski definition) is 4. The SMILES string of the molecule is COc1ccc(CCNC(=O)NCOc2ccc(C)cc2C(C)(C)C)cc1OC. The maximum atomic E-state index is 12.0. The van der Waals surface area contributed by atoms with Crippen LogP contribution in [0.25, 0.3) is 0 Å². The molecule has 2 N–H and O–H groups in total. The van der Waals surface area contributed by atoms with Crippen LogP contribution < -0.4 is 24.8 Å². The number of methoxy groups -OCH3 is 2. The summed E-state index contributed by atoms with van der Waals surface area (Å²) < 4.78 is 16.3. The first-order valence-corrected chi connectivity index (χ1v) is 9.71. The summed E-state index contributed by atoms with van der Waals surface area (Å²) in [6, 6.07) is 11.5. The van der Waals surface area contributed by atoms with Gasteiger partial charge in [-0.3, -0.25) is 0 Å². The van der Waals surface area contributed by atoms with Crippen LogP contribution in [0.2, 0.25) is 0 Å². The summed E-state index contributed by atoms with van der Waals surface area (Å²) in [4.78, 5) is 12.0. The summed E-state index contributed by atoms with van der Waals surface area (Å²) in [7, 11) is 3.21. The van der Waals surface area contributed by atoms with Crippen LogP contribution in [0, 0.1) is 6.92 Å². The minimum absolute atomic E-state index is 0.0387. The van der Waals surface area contributed by atoms with Crippen LogP contribution in [0.5, 0.6) is 17.2 Å². The molecular formula is C23H32N2O4. The summed E-state index contributed by atoms with van der Waals surface area (Å²) in [5.41, 5.74) is 3.31. The monoisotopic (exact) mass is 400 g/mol. The normalized spacial score (nSPS) is 11.0. The molecule has 0 heterocycles. The van der Waals surface area contributed by atoms with Crippen LogP contribution in [0.4, 0.5) is 4.79 Å². The van der Waals surface area contributed by atoms with Gasteiger partial charge in [-0.25, -0.2) is 4.79 Å². The van der Waals surface area contributed by atoms with Crippen molar-refractivity contribution < 1.29 is 19.0 Å². The molecule has 0 aliphatic rings. The maximum absolute atomic E-state index is 12.0. The van der Waals surface area contributed by atoms with Crippen LogP contribution in [-0.2, 0) is 11.8 Å². The van der Waals surface area contributed by atoms with Crippen molar-refractivity contribution in [3.63, 3.8) is 0 Å². The Bertz CT molecular complexity index is 828. The molecule has 0 aliphatic carbocycles. The Morgan fingerprint density at radius 1 is 0.931 bits per heavy atom. The number of benzene rings is 2. The third kappa shape index (κ3) is 6.59. The topological polar surface area (TPSA) is 68.8 Å². The summed E-state index contributed by atoms with van der Waals surface area (Å²) in [5, 5.41) is 5.57. The van der Waals surface area contributed by atoms with Crippen molar-refractivity contribution in [1.29, 1.82) is 0 Å². The number of carbonyl (C=O) groups is 1. The molecule has 2 rings (SSSR count). The lowest BCUT2D eigenvalue weighted by Gasteiger charge is -2.23. The van der Waals surface area contributed by atoms with Gasteiger partial charge in [-0.05, 0) is 48.1 Å². The van der Waals surface area contributed by atoms with Gasteiger partial charge in [-0.2, -0.15) is 0 Å². The molecule has 0 aromatic heterocycles. The van der Waals surface area contributed by atoms with Gasteiger partial charge in [-0.15, -0.1) is 0 Å². The van der Waals surface area contributed by atoms with Crippen molar-refractivity contribution in [2.75, 3.05) is 27.5 Å². The van der Waals surface area contributed by atoms with E-state index in [2.05, 4.69) is 44.4 Å². The average Bonchev–Trinajstić information content (AvgIpc) is 2.68. The molecule has 0 saturated heterocycles. The van der Waals surface area contributed by atoms with Gasteiger partial charge < -0.3 is 24.8 Å². The van der Waals surface area contributed by atoms with Crippen molar-refractivity contribution >= 4 is 6.03 Å². The Labute approximate surface area is 173 Å². The molecule has 158 valence electrons. The van der Waals surface area contributed by atoms with Gasteiger partial charge in [-0.1, -0.05) is 44.5 Å². The van der Waals surface area contributed by atoms with Gasteiger partial charge in [0.15, 0.2) is 18.2 Å². The number of urea groups is 1. The van der Waals surface area contributed by atoms with Crippen molar-refractivity contribution in [2.45, 2.75) is 39.5 Å². The molecule has 2 amide bonds. The Hall–Kier alpha value is -2.89. The smallest absolute Gasteiger partial charge is 0.317 e. The molecule has 29 heavy (non-hydrogen) atoms. The van der Waals surface area contributed by atoms with Gasteiger partial charge in [0.05, 0.1) is 14.2 Å². The molecular weight excluding hydrogens is 368 g/mol. The summed E-state index contributed by atoms with van der Waals surface area (Å²) in [6.45, 7) is 9.09. The molecule has 0 radical (unpaired) electrons. The molecule has 6 heteroatoms. The highest BCUT2D eigenvalue weighted by Crippen LogP contribution is 2.32. The summed E-state index contributed by atoms with van der Waals surface area (Å²) >= 11 is 0. The van der Waals surface area contributed by atoms with Gasteiger partial charge in [0.25, 0.3) is 0 Å². The molecule has 0 unspecified atom stereocenters. The highest BCUT2D eigenvalue weighted by Gasteiger charge is 2.19. The van der Waals surface area contributed by atoms with E-state index in [9.17, 15) is 4.79 Å². The van der Waals surface area contributed by atoms with E-state index in [0.717, 1.165) is 16.9 Å². The molecule has 0 saturated carbocycles. The van der Waals surface area contributed by atoms with Crippen molar-refractivity contribution in [2.24, 2.45) is 0 Å². The number of carbonyl (C=O) groups excluding carboxylic acids is 1. The van der Waals surface area contributed by atoms with E-state index >= 15 is 0 Å². The second-order valence-electron chi connectivity index (χ2n) is 7.91. The number of amides is 2. The van der Waals surface area contributed by atoms with Crippen LogP contribution in [-0.4, -0.2) is 33.5 Å². The van der Waals surface area contributed by atoms with Crippen LogP contribution >= 0.6 is 0 Å². The first-order chi connectivity index (χ1) is 13.7. The van der Waals surface area contributed by atoms with Gasteiger partial charge in [0.1, 0.15) is 5.75 Å². The average molecular weight is 401 g/mol. The summed E-state index contributed by atoms with van der Waals surface area (Å²) in [6.07, 6.45) is 0.681. The number of rotatable bonds is 8. The summed E-state index contributed by atoms with van der Waals surface area (Å²) in [5.74, 6) is 2.15. The second-order valence-corrected chi connectivity index (χ2v) is 7.91. The Morgan fingerprint density at radius 2 is 1.62 bits per heavy atom. The lowest BCUT2D eigenvalue weighted by atomic mass is 9.85. The Kier molecular flexibility index (Phi) is 7.76. The zero-order chi connectivity index (χ0) is 21.4. The van der Waals surface area contributed by atoms with E-state index < -0.39 is 0 Å². The third-order valence-corrected chi connectivity index (χ3v) is 4.55. The Balaban J connectivity index is 1.80. The molecule has 0 atom stereocenters. The van der Waals surface area contributed by atoms with E-state index in [-0.39, 0.29) is 18.2 Å². The van der Waals surface area contributed by atoms with Crippen molar-refractivity contribution in [1.82, 2.24) is 10.6 Å². The number of ether oxygens (including phenoxy) is 3. The number of nitrogens with one attached hydrogen (secondary N) is 2. The minimum atomic E-state index is -0.269. The highest BCUT2D eigenvalue weighted by molar-refractivity contribution is 5.73. The van der Waals surface area contributed by atoms with Crippen LogP contribution in [0.3, 0.4) is 0 Å². The highest BCUT2D eigenvalue weighted by atomic mass is 16.5. The van der Waals surface area contributed by atoms with E-state index in [4.69, 9.17) is 14.2 Å². The predicted octanol–water partition coefficient (Wildman–Crippen LogP) is 4.19. The third-order valence-electron chi connectivity index (χ3n) is 4.55. The van der Waals surface area contributed by atoms with Gasteiger partial charge >= 0.3 is 6.03 Å². The van der Waals surface area contributed by atoms with Crippen molar-refractivity contribution in [3.05, 3.63) is 53.1 Å². The second kappa shape index (κ2) is 10.0. The predicted molar refractivity (Wildman–Crippen MR) is 115 cm³/mol. The number of hydrogen-bond donors (Lipinski definition) is 2. The largest absolute Gasteiger partial charge is 0.493 e. The van der Waals surface area contributed by atoms with Crippen LogP contribution in [0.1, 0.15) is 37.5 Å².